The lowest BCUT2D eigenvalue weighted by atomic mass is 9.72. The van der Waals surface area contributed by atoms with E-state index < -0.39 is 22.3 Å². The Balaban J connectivity index is 3.28. The molecular weight excluding hydrogens is 318 g/mol. The molecule has 0 saturated heterocycles. The van der Waals surface area contributed by atoms with Crippen LogP contribution in [0.5, 0.6) is 0 Å². The average Bonchev–Trinajstić information content (AvgIpc) is 2.58. The minimum absolute atomic E-state index is 0.272. The number of aliphatic hydroxyl groups excluding tert-OH is 1. The van der Waals surface area contributed by atoms with Gasteiger partial charge in [-0.15, -0.1) is 6.58 Å². The first-order valence-corrected chi connectivity index (χ1v) is 8.27. The fraction of sp³-hybridized carbons (Fsp3) is 0.500. The summed E-state index contributed by atoms with van der Waals surface area (Å²) in [5.41, 5.74) is -2.31. The largest absolute Gasteiger partial charge is 0.469 e. The number of amides is 1. The topological polar surface area (TPSA) is 75.6 Å². The average molecular weight is 347 g/mol. The maximum absolute atomic E-state index is 13.2. The second kappa shape index (κ2) is 7.83. The van der Waals surface area contributed by atoms with Crippen LogP contribution in [0.4, 0.5) is 0 Å². The fourth-order valence-corrected chi connectivity index (χ4v) is 2.64. The molecule has 5 heteroatoms. The molecule has 1 aromatic carbocycles. The molecule has 0 radical (unpaired) electrons. The van der Waals surface area contributed by atoms with Crippen molar-refractivity contribution in [2.45, 2.75) is 45.1 Å². The Hall–Kier alpha value is -2.14. The molecule has 0 spiro atoms. The molecule has 138 valence electrons. The maximum Gasteiger partial charge on any atom is 0.313 e. The van der Waals surface area contributed by atoms with Crippen LogP contribution in [0.3, 0.4) is 0 Å². The maximum atomic E-state index is 13.2. The van der Waals surface area contributed by atoms with Gasteiger partial charge in [-0.2, -0.15) is 0 Å². The summed E-state index contributed by atoms with van der Waals surface area (Å²) in [5.74, 6) is -0.779. The van der Waals surface area contributed by atoms with E-state index in [1.165, 1.54) is 7.11 Å². The first kappa shape index (κ1) is 20.9. The van der Waals surface area contributed by atoms with E-state index in [1.54, 1.807) is 45.9 Å². The van der Waals surface area contributed by atoms with Crippen LogP contribution in [-0.4, -0.2) is 36.2 Å². The number of benzene rings is 1. The Morgan fingerprint density at radius 1 is 1.20 bits per heavy atom. The van der Waals surface area contributed by atoms with Gasteiger partial charge in [0.2, 0.25) is 5.91 Å². The number of allylic oxidation sites excluding steroid dienone is 1. The molecule has 1 unspecified atom stereocenters. The molecule has 1 amide bonds. The Bertz CT molecular complexity index is 622. The number of nitrogens with one attached hydrogen (secondary N) is 1. The monoisotopic (exact) mass is 347 g/mol. The lowest BCUT2D eigenvalue weighted by Gasteiger charge is -2.42. The van der Waals surface area contributed by atoms with Crippen molar-refractivity contribution in [3.8, 4) is 0 Å². The van der Waals surface area contributed by atoms with Gasteiger partial charge in [0.1, 0.15) is 5.41 Å². The van der Waals surface area contributed by atoms with Gasteiger partial charge < -0.3 is 15.2 Å². The molecule has 1 rings (SSSR count). The first-order valence-electron chi connectivity index (χ1n) is 8.27. The SMILES string of the molecule is C=CCC(CO)(C(=O)NC(C)(C)C(C)(C)C(=O)OC)c1ccccc1. The number of hydrogen-bond acceptors (Lipinski definition) is 4. The van der Waals surface area contributed by atoms with Crippen LogP contribution < -0.4 is 5.32 Å². The molecule has 0 aliphatic carbocycles. The summed E-state index contributed by atoms with van der Waals surface area (Å²) < 4.78 is 4.87. The molecular formula is C20H29NO4. The molecule has 1 aromatic rings. The second-order valence-corrected chi connectivity index (χ2v) is 7.29. The molecule has 5 nitrogen and oxygen atoms in total. The summed E-state index contributed by atoms with van der Waals surface area (Å²) in [5, 5.41) is 13.0. The van der Waals surface area contributed by atoms with Crippen LogP contribution in [0.25, 0.3) is 0 Å². The smallest absolute Gasteiger partial charge is 0.313 e. The van der Waals surface area contributed by atoms with Crippen molar-refractivity contribution in [2.75, 3.05) is 13.7 Å². The Morgan fingerprint density at radius 3 is 2.20 bits per heavy atom. The van der Waals surface area contributed by atoms with Crippen molar-refractivity contribution >= 4 is 11.9 Å². The summed E-state index contributed by atoms with van der Waals surface area (Å²) in [6.07, 6.45) is 1.88. The molecule has 25 heavy (non-hydrogen) atoms. The van der Waals surface area contributed by atoms with Crippen molar-refractivity contribution in [1.29, 1.82) is 0 Å². The van der Waals surface area contributed by atoms with Gasteiger partial charge in [-0.3, -0.25) is 9.59 Å². The molecule has 2 N–H and O–H groups in total. The molecule has 0 fully saturated rings. The number of methoxy groups -OCH3 is 1. The van der Waals surface area contributed by atoms with Crippen LogP contribution >= 0.6 is 0 Å². The van der Waals surface area contributed by atoms with Crippen LogP contribution in [0.1, 0.15) is 39.7 Å². The van der Waals surface area contributed by atoms with Gasteiger partial charge in [0.25, 0.3) is 0 Å². The first-order chi connectivity index (χ1) is 11.6. The highest BCUT2D eigenvalue weighted by molar-refractivity contribution is 5.90. The number of hydrogen-bond donors (Lipinski definition) is 2. The molecule has 1 atom stereocenters. The van der Waals surface area contributed by atoms with E-state index >= 15 is 0 Å². The minimum Gasteiger partial charge on any atom is -0.469 e. The zero-order valence-electron chi connectivity index (χ0n) is 15.8. The predicted octanol–water partition coefficient (Wildman–Crippen LogP) is 2.59. The Kier molecular flexibility index (Phi) is 6.54. The summed E-state index contributed by atoms with van der Waals surface area (Å²) in [4.78, 5) is 25.3. The normalized spacial score (nSPS) is 14.3. The number of rotatable bonds is 8. The molecule has 0 bridgehead atoms. The number of carbonyl (C=O) groups is 2. The number of carbonyl (C=O) groups excluding carboxylic acids is 2. The van der Waals surface area contributed by atoms with E-state index in [2.05, 4.69) is 11.9 Å². The highest BCUT2D eigenvalue weighted by atomic mass is 16.5. The van der Waals surface area contributed by atoms with Crippen LogP contribution in [0.15, 0.2) is 43.0 Å². The summed E-state index contributed by atoms with van der Waals surface area (Å²) >= 11 is 0. The molecule has 0 heterocycles. The van der Waals surface area contributed by atoms with Crippen molar-refractivity contribution in [3.05, 3.63) is 48.6 Å². The summed E-state index contributed by atoms with van der Waals surface area (Å²) in [6, 6.07) is 9.09. The summed E-state index contributed by atoms with van der Waals surface area (Å²) in [7, 11) is 1.32. The molecule has 0 aromatic heterocycles. The van der Waals surface area contributed by atoms with Gasteiger partial charge in [-0.1, -0.05) is 36.4 Å². The van der Waals surface area contributed by atoms with Crippen LogP contribution in [0, 0.1) is 5.41 Å². The van der Waals surface area contributed by atoms with Gasteiger partial charge in [-0.25, -0.2) is 0 Å². The van der Waals surface area contributed by atoms with Crippen molar-refractivity contribution in [1.82, 2.24) is 5.32 Å². The standard InChI is InChI=1S/C20H29NO4/c1-7-13-20(14-22,15-11-9-8-10-12-15)16(23)21-19(4,5)18(2,3)17(24)25-6/h7-12,22H,1,13-14H2,2-6H3,(H,21,23). The third kappa shape index (κ3) is 3.93. The predicted molar refractivity (Wildman–Crippen MR) is 98.0 cm³/mol. The van der Waals surface area contributed by atoms with Crippen molar-refractivity contribution in [3.63, 3.8) is 0 Å². The number of aliphatic hydroxyl groups is 1. The van der Waals surface area contributed by atoms with E-state index in [0.29, 0.717) is 5.56 Å². The van der Waals surface area contributed by atoms with E-state index in [4.69, 9.17) is 4.74 Å². The highest BCUT2D eigenvalue weighted by Crippen LogP contribution is 2.35. The Labute approximate surface area is 150 Å². The van der Waals surface area contributed by atoms with E-state index in [9.17, 15) is 14.7 Å². The second-order valence-electron chi connectivity index (χ2n) is 7.29. The van der Waals surface area contributed by atoms with Gasteiger partial charge >= 0.3 is 5.97 Å². The van der Waals surface area contributed by atoms with Crippen LogP contribution in [-0.2, 0) is 19.7 Å². The Morgan fingerprint density at radius 2 is 1.76 bits per heavy atom. The fourth-order valence-electron chi connectivity index (χ4n) is 2.64. The van der Waals surface area contributed by atoms with E-state index in [0.717, 1.165) is 0 Å². The zero-order valence-corrected chi connectivity index (χ0v) is 15.8. The minimum atomic E-state index is -1.16. The quantitative estimate of drug-likeness (QED) is 0.560. The molecule has 0 aliphatic rings. The number of ether oxygens (including phenoxy) is 1. The van der Waals surface area contributed by atoms with Crippen LogP contribution in [0.2, 0.25) is 0 Å². The van der Waals surface area contributed by atoms with Gasteiger partial charge in [0.15, 0.2) is 0 Å². The third-order valence-electron chi connectivity index (χ3n) is 5.21. The highest BCUT2D eigenvalue weighted by Gasteiger charge is 2.48. The van der Waals surface area contributed by atoms with Gasteiger partial charge in [0, 0.05) is 5.54 Å². The zero-order chi connectivity index (χ0) is 19.3. The van der Waals surface area contributed by atoms with Crippen molar-refractivity contribution in [2.24, 2.45) is 5.41 Å². The van der Waals surface area contributed by atoms with E-state index in [1.807, 2.05) is 18.2 Å². The lowest BCUT2D eigenvalue weighted by molar-refractivity contribution is -0.156. The van der Waals surface area contributed by atoms with Crippen molar-refractivity contribution < 1.29 is 19.4 Å². The number of esters is 1. The molecule has 0 aliphatic heterocycles. The lowest BCUT2D eigenvalue weighted by Crippen LogP contribution is -2.61. The van der Waals surface area contributed by atoms with Gasteiger partial charge in [0.05, 0.1) is 19.1 Å². The third-order valence-corrected chi connectivity index (χ3v) is 5.21. The van der Waals surface area contributed by atoms with Gasteiger partial charge in [-0.05, 0) is 39.7 Å². The summed E-state index contributed by atoms with van der Waals surface area (Å²) in [6.45, 7) is 10.3. The molecule has 0 saturated carbocycles. The van der Waals surface area contributed by atoms with E-state index in [-0.39, 0.29) is 18.9 Å².